The van der Waals surface area contributed by atoms with Gasteiger partial charge in [0.05, 0.1) is 17.6 Å². The van der Waals surface area contributed by atoms with E-state index in [2.05, 4.69) is 15.4 Å². The molecular formula is C20H25ClFN5O4. The van der Waals surface area contributed by atoms with Gasteiger partial charge in [0.25, 0.3) is 11.5 Å². The first-order valence-corrected chi connectivity index (χ1v) is 10.2. The van der Waals surface area contributed by atoms with Gasteiger partial charge in [-0.1, -0.05) is 37.6 Å². The van der Waals surface area contributed by atoms with Crippen molar-refractivity contribution >= 4 is 46.1 Å². The van der Waals surface area contributed by atoms with Crippen molar-refractivity contribution in [1.29, 1.82) is 0 Å². The van der Waals surface area contributed by atoms with Crippen LogP contribution in [0.2, 0.25) is 0 Å². The smallest absolute Gasteiger partial charge is 0.291 e. The van der Waals surface area contributed by atoms with Crippen LogP contribution in [0.25, 0.3) is 11.0 Å². The monoisotopic (exact) mass is 453 g/mol. The Morgan fingerprint density at radius 1 is 1.26 bits per heavy atom. The Kier molecular flexibility index (Phi) is 8.49. The van der Waals surface area contributed by atoms with Crippen LogP contribution in [0.5, 0.6) is 0 Å². The van der Waals surface area contributed by atoms with E-state index in [1.807, 2.05) is 13.8 Å². The Hall–Kier alpha value is -3.01. The highest BCUT2D eigenvalue weighted by atomic mass is 35.5. The number of hydrogen-bond donors (Lipinski definition) is 3. The molecule has 2 aromatic rings. The largest absolute Gasteiger partial charge is 0.370 e. The van der Waals surface area contributed by atoms with Crippen LogP contribution >= 0.6 is 11.6 Å². The van der Waals surface area contributed by atoms with Crippen molar-refractivity contribution in [2.75, 3.05) is 6.54 Å². The van der Waals surface area contributed by atoms with Gasteiger partial charge in [0.15, 0.2) is 11.6 Å². The zero-order chi connectivity index (χ0) is 23.1. The third-order valence-electron chi connectivity index (χ3n) is 4.49. The number of halogens is 2. The van der Waals surface area contributed by atoms with E-state index in [0.717, 1.165) is 0 Å². The highest BCUT2D eigenvalue weighted by molar-refractivity contribution is 6.29. The van der Waals surface area contributed by atoms with E-state index in [1.54, 1.807) is 24.3 Å². The molecule has 4 N–H and O–H groups in total. The molecule has 0 aliphatic rings. The summed E-state index contributed by atoms with van der Waals surface area (Å²) in [6, 6.07) is 7.12. The molecule has 11 heteroatoms. The summed E-state index contributed by atoms with van der Waals surface area (Å²) in [5.74, 6) is -3.68. The van der Waals surface area contributed by atoms with Crippen molar-refractivity contribution in [1.82, 2.24) is 20.4 Å². The topological polar surface area (TPSA) is 138 Å². The van der Waals surface area contributed by atoms with Crippen molar-refractivity contribution in [3.05, 3.63) is 30.1 Å². The molecule has 1 aromatic carbocycles. The summed E-state index contributed by atoms with van der Waals surface area (Å²) in [4.78, 5) is 55.7. The zero-order valence-electron chi connectivity index (χ0n) is 17.2. The first-order valence-electron chi connectivity index (χ1n) is 9.74. The molecule has 0 radical (unpaired) electrons. The number of hydrogen-bond acceptors (Lipinski definition) is 5. The molecule has 9 nitrogen and oxygen atoms in total. The standard InChI is InChI=1S/C20H25ClFN5O4/c1-11(2)9-12(10-15(28)18-24-13-5-3-4-6-14(13)25-18)19(30)26-27(8-7-16(23)29)20(31)17(21)22/h3-6,11-12,17H,7-10H2,1-2H3,(H2,23,29)(H,24,25)(H,26,30)/t12-,17+/m1/s1. The van der Waals surface area contributed by atoms with Crippen LogP contribution in [0, 0.1) is 11.8 Å². The van der Waals surface area contributed by atoms with Gasteiger partial charge in [0, 0.05) is 18.8 Å². The van der Waals surface area contributed by atoms with Gasteiger partial charge in [-0.2, -0.15) is 0 Å². The van der Waals surface area contributed by atoms with Crippen molar-refractivity contribution < 1.29 is 23.6 Å². The molecule has 1 heterocycles. The van der Waals surface area contributed by atoms with E-state index >= 15 is 0 Å². The van der Waals surface area contributed by atoms with Crippen LogP contribution in [0.1, 0.15) is 43.7 Å². The highest BCUT2D eigenvalue weighted by Crippen LogP contribution is 2.20. The Bertz CT molecular complexity index is 929. The number of primary amides is 1. The summed E-state index contributed by atoms with van der Waals surface area (Å²) in [6.45, 7) is 3.40. The molecular weight excluding hydrogens is 429 g/mol. The molecule has 0 saturated heterocycles. The quantitative estimate of drug-likeness (QED) is 0.287. The maximum atomic E-state index is 13.3. The number of benzene rings is 1. The Balaban J connectivity index is 2.16. The fraction of sp³-hybridized carbons (Fsp3) is 0.450. The van der Waals surface area contributed by atoms with E-state index in [0.29, 0.717) is 22.5 Å². The van der Waals surface area contributed by atoms with Crippen molar-refractivity contribution in [3.8, 4) is 0 Å². The molecule has 1 aromatic heterocycles. The number of rotatable bonds is 10. The number of amides is 3. The SMILES string of the molecule is CC(C)C[C@H](CC(=O)c1nc2ccccc2[nH]1)C(=O)NN(CCC(N)=O)C(=O)[C@H](F)Cl. The van der Waals surface area contributed by atoms with Gasteiger partial charge >= 0.3 is 0 Å². The second-order valence-electron chi connectivity index (χ2n) is 7.54. The number of fused-ring (bicyclic) bond motifs is 1. The van der Waals surface area contributed by atoms with Crippen LogP contribution in [0.3, 0.4) is 0 Å². The van der Waals surface area contributed by atoms with E-state index in [-0.39, 0.29) is 36.9 Å². The minimum Gasteiger partial charge on any atom is -0.370 e. The summed E-state index contributed by atoms with van der Waals surface area (Å²) in [5, 5.41) is 0.615. The predicted octanol–water partition coefficient (Wildman–Crippen LogP) is 2.07. The third kappa shape index (κ3) is 7.02. The number of Topliss-reactive ketones (excluding diaryl/α,β-unsaturated/α-hetero) is 1. The molecule has 168 valence electrons. The summed E-state index contributed by atoms with van der Waals surface area (Å²) in [7, 11) is 0. The van der Waals surface area contributed by atoms with Gasteiger partial charge in [-0.15, -0.1) is 0 Å². The first kappa shape index (κ1) is 24.3. The second kappa shape index (κ2) is 10.9. The minimum atomic E-state index is -2.41. The number of para-hydroxylation sites is 2. The molecule has 0 unspecified atom stereocenters. The molecule has 0 saturated carbocycles. The zero-order valence-corrected chi connectivity index (χ0v) is 18.0. The lowest BCUT2D eigenvalue weighted by atomic mass is 9.91. The van der Waals surface area contributed by atoms with Crippen molar-refractivity contribution in [3.63, 3.8) is 0 Å². The number of ketones is 1. The van der Waals surface area contributed by atoms with E-state index in [4.69, 9.17) is 17.3 Å². The van der Waals surface area contributed by atoms with E-state index in [1.165, 1.54) is 0 Å². The number of imidazole rings is 1. The van der Waals surface area contributed by atoms with Gasteiger partial charge < -0.3 is 10.7 Å². The Morgan fingerprint density at radius 2 is 1.94 bits per heavy atom. The number of nitrogens with one attached hydrogen (secondary N) is 2. The number of H-pyrrole nitrogens is 1. The van der Waals surface area contributed by atoms with Gasteiger partial charge in [-0.3, -0.25) is 24.6 Å². The van der Waals surface area contributed by atoms with Crippen LogP contribution in [-0.2, 0) is 14.4 Å². The van der Waals surface area contributed by atoms with Gasteiger partial charge in [-0.05, 0) is 24.5 Å². The molecule has 0 aliphatic carbocycles. The number of hydrazine groups is 1. The number of alkyl halides is 2. The molecule has 0 spiro atoms. The van der Waals surface area contributed by atoms with Gasteiger partial charge in [-0.25, -0.2) is 14.4 Å². The Labute approximate surface area is 183 Å². The summed E-state index contributed by atoms with van der Waals surface area (Å²) in [6.07, 6.45) is -0.153. The van der Waals surface area contributed by atoms with Gasteiger partial charge in [0.2, 0.25) is 11.8 Å². The molecule has 0 fully saturated rings. The average molecular weight is 454 g/mol. The molecule has 0 aliphatic heterocycles. The minimum absolute atomic E-state index is 0.0518. The fourth-order valence-corrected chi connectivity index (χ4v) is 3.16. The lowest BCUT2D eigenvalue weighted by molar-refractivity contribution is -0.145. The molecule has 3 amide bonds. The molecule has 2 rings (SSSR count). The molecule has 2 atom stereocenters. The number of nitrogens with two attached hydrogens (primary N) is 1. The predicted molar refractivity (Wildman–Crippen MR) is 112 cm³/mol. The van der Waals surface area contributed by atoms with Crippen LogP contribution in [-0.4, -0.2) is 50.7 Å². The summed E-state index contributed by atoms with van der Waals surface area (Å²) < 4.78 is 13.3. The summed E-state index contributed by atoms with van der Waals surface area (Å²) >= 11 is 5.20. The number of carbonyl (C=O) groups excluding carboxylic acids is 4. The van der Waals surface area contributed by atoms with E-state index < -0.39 is 29.3 Å². The lowest BCUT2D eigenvalue weighted by Gasteiger charge is -2.26. The number of nitrogens with zero attached hydrogens (tertiary/aromatic N) is 2. The maximum absolute atomic E-state index is 13.3. The fourth-order valence-electron chi connectivity index (χ4n) is 3.04. The van der Waals surface area contributed by atoms with Gasteiger partial charge in [0.1, 0.15) is 0 Å². The number of aromatic nitrogens is 2. The second-order valence-corrected chi connectivity index (χ2v) is 7.92. The highest BCUT2D eigenvalue weighted by Gasteiger charge is 2.29. The normalized spacial score (nSPS) is 13.1. The lowest BCUT2D eigenvalue weighted by Crippen LogP contribution is -2.51. The maximum Gasteiger partial charge on any atom is 0.291 e. The van der Waals surface area contributed by atoms with Crippen molar-refractivity contribution in [2.45, 2.75) is 38.7 Å². The van der Waals surface area contributed by atoms with Crippen LogP contribution in [0.4, 0.5) is 4.39 Å². The first-order chi connectivity index (χ1) is 14.6. The summed E-state index contributed by atoms with van der Waals surface area (Å²) in [5.41, 5.74) is 6.24. The van der Waals surface area contributed by atoms with Crippen LogP contribution < -0.4 is 11.2 Å². The molecule has 0 bridgehead atoms. The Morgan fingerprint density at radius 3 is 2.52 bits per heavy atom. The van der Waals surface area contributed by atoms with Crippen molar-refractivity contribution in [2.24, 2.45) is 17.6 Å². The average Bonchev–Trinajstić information content (AvgIpc) is 3.13. The molecule has 31 heavy (non-hydrogen) atoms. The number of aromatic amines is 1. The van der Waals surface area contributed by atoms with Crippen LogP contribution in [0.15, 0.2) is 24.3 Å². The number of carbonyl (C=O) groups is 4. The third-order valence-corrected chi connectivity index (χ3v) is 4.68. The van der Waals surface area contributed by atoms with E-state index in [9.17, 15) is 23.6 Å².